The molecule has 1 unspecified atom stereocenters. The molecule has 0 fully saturated rings. The molecule has 1 atom stereocenters. The minimum Gasteiger partial charge on any atom is -0.478 e. The lowest BCUT2D eigenvalue weighted by molar-refractivity contribution is -0.131. The van der Waals surface area contributed by atoms with Crippen molar-refractivity contribution >= 4 is 17.3 Å². The monoisotopic (exact) mass is 225 g/mol. The van der Waals surface area contributed by atoms with Crippen LogP contribution in [0.15, 0.2) is 29.2 Å². The SMILES string of the molecule is C/C(=C\C(=O)O)CNC(C)c1cccs1. The van der Waals surface area contributed by atoms with Crippen LogP contribution in [0.3, 0.4) is 0 Å². The predicted octanol–water partition coefficient (Wildman–Crippen LogP) is 2.43. The fraction of sp³-hybridized carbons (Fsp3) is 0.364. The first-order valence-electron chi connectivity index (χ1n) is 4.76. The topological polar surface area (TPSA) is 49.3 Å². The van der Waals surface area contributed by atoms with Crippen LogP contribution in [0.1, 0.15) is 24.8 Å². The zero-order valence-corrected chi connectivity index (χ0v) is 9.67. The van der Waals surface area contributed by atoms with Crippen molar-refractivity contribution < 1.29 is 9.90 Å². The third-order valence-corrected chi connectivity index (χ3v) is 3.08. The van der Waals surface area contributed by atoms with Crippen LogP contribution >= 0.6 is 11.3 Å². The van der Waals surface area contributed by atoms with Crippen molar-refractivity contribution in [3.8, 4) is 0 Å². The van der Waals surface area contributed by atoms with E-state index < -0.39 is 5.97 Å². The molecule has 3 nitrogen and oxygen atoms in total. The number of carbonyl (C=O) groups is 1. The van der Waals surface area contributed by atoms with Crippen LogP contribution in [0.2, 0.25) is 0 Å². The minimum atomic E-state index is -0.891. The molecule has 1 heterocycles. The molecule has 82 valence electrons. The van der Waals surface area contributed by atoms with Crippen LogP contribution in [-0.2, 0) is 4.79 Å². The first-order chi connectivity index (χ1) is 7.09. The number of rotatable bonds is 5. The normalized spacial score (nSPS) is 13.9. The van der Waals surface area contributed by atoms with Gasteiger partial charge in [0, 0.05) is 23.5 Å². The van der Waals surface area contributed by atoms with Crippen molar-refractivity contribution in [1.29, 1.82) is 0 Å². The molecule has 0 amide bonds. The lowest BCUT2D eigenvalue weighted by atomic mass is 10.2. The number of hydrogen-bond donors (Lipinski definition) is 2. The first kappa shape index (κ1) is 11.9. The van der Waals surface area contributed by atoms with Gasteiger partial charge in [0.05, 0.1) is 0 Å². The molecule has 0 aliphatic carbocycles. The maximum atomic E-state index is 10.4. The number of carboxylic acid groups (broad SMARTS) is 1. The van der Waals surface area contributed by atoms with Crippen LogP contribution in [0.5, 0.6) is 0 Å². The summed E-state index contributed by atoms with van der Waals surface area (Å²) in [5, 5.41) is 13.8. The van der Waals surface area contributed by atoms with Gasteiger partial charge < -0.3 is 10.4 Å². The van der Waals surface area contributed by atoms with Gasteiger partial charge in [-0.15, -0.1) is 11.3 Å². The third kappa shape index (κ3) is 4.27. The average Bonchev–Trinajstić information content (AvgIpc) is 2.65. The highest BCUT2D eigenvalue weighted by Gasteiger charge is 2.05. The molecular weight excluding hydrogens is 210 g/mol. The largest absolute Gasteiger partial charge is 0.478 e. The highest BCUT2D eigenvalue weighted by atomic mass is 32.1. The lowest BCUT2D eigenvalue weighted by Gasteiger charge is -2.11. The number of nitrogens with one attached hydrogen (secondary N) is 1. The Morgan fingerprint density at radius 1 is 1.73 bits per heavy atom. The van der Waals surface area contributed by atoms with Gasteiger partial charge in [-0.2, -0.15) is 0 Å². The molecule has 1 aromatic heterocycles. The van der Waals surface area contributed by atoms with Gasteiger partial charge in [0.2, 0.25) is 0 Å². The maximum Gasteiger partial charge on any atom is 0.328 e. The molecule has 15 heavy (non-hydrogen) atoms. The Kier molecular flexibility index (Phi) is 4.52. The Labute approximate surface area is 93.4 Å². The summed E-state index contributed by atoms with van der Waals surface area (Å²) in [6.45, 7) is 4.48. The molecule has 0 bridgehead atoms. The Bertz CT molecular complexity index is 343. The van der Waals surface area contributed by atoms with Crippen LogP contribution in [0, 0.1) is 0 Å². The van der Waals surface area contributed by atoms with E-state index in [0.29, 0.717) is 6.54 Å². The fourth-order valence-corrected chi connectivity index (χ4v) is 1.97. The van der Waals surface area contributed by atoms with Gasteiger partial charge >= 0.3 is 5.97 Å². The summed E-state index contributed by atoms with van der Waals surface area (Å²) in [5.41, 5.74) is 0.825. The molecule has 0 aromatic carbocycles. The second kappa shape index (κ2) is 5.68. The van der Waals surface area contributed by atoms with E-state index in [4.69, 9.17) is 5.11 Å². The Hall–Kier alpha value is -1.13. The van der Waals surface area contributed by atoms with Crippen LogP contribution in [-0.4, -0.2) is 17.6 Å². The van der Waals surface area contributed by atoms with Crippen LogP contribution in [0.25, 0.3) is 0 Å². The fourth-order valence-electron chi connectivity index (χ4n) is 1.21. The summed E-state index contributed by atoms with van der Waals surface area (Å²) in [7, 11) is 0. The van der Waals surface area contributed by atoms with Crippen LogP contribution in [0.4, 0.5) is 0 Å². The Balaban J connectivity index is 2.41. The standard InChI is InChI=1S/C11H15NO2S/c1-8(6-11(13)14)7-12-9(2)10-4-3-5-15-10/h3-6,9,12H,7H2,1-2H3,(H,13,14)/b8-6+. The molecule has 0 aliphatic heterocycles. The Morgan fingerprint density at radius 2 is 2.47 bits per heavy atom. The van der Waals surface area contributed by atoms with Gasteiger partial charge in [-0.25, -0.2) is 4.79 Å². The molecule has 1 aromatic rings. The lowest BCUT2D eigenvalue weighted by Crippen LogP contribution is -2.20. The van der Waals surface area contributed by atoms with Crippen LogP contribution < -0.4 is 5.32 Å². The molecule has 0 saturated carbocycles. The highest BCUT2D eigenvalue weighted by molar-refractivity contribution is 7.10. The van der Waals surface area contributed by atoms with Crippen molar-refractivity contribution in [3.05, 3.63) is 34.0 Å². The molecule has 0 spiro atoms. The van der Waals surface area contributed by atoms with Gasteiger partial charge in [0.15, 0.2) is 0 Å². The van der Waals surface area contributed by atoms with E-state index in [9.17, 15) is 4.79 Å². The summed E-state index contributed by atoms with van der Waals surface area (Å²) in [6, 6.07) is 4.35. The molecule has 4 heteroatoms. The van der Waals surface area contributed by atoms with Crippen molar-refractivity contribution in [1.82, 2.24) is 5.32 Å². The van der Waals surface area contributed by atoms with Crippen molar-refractivity contribution in [2.45, 2.75) is 19.9 Å². The van der Waals surface area contributed by atoms with Gasteiger partial charge in [0.1, 0.15) is 0 Å². The predicted molar refractivity (Wildman–Crippen MR) is 62.1 cm³/mol. The second-order valence-electron chi connectivity index (χ2n) is 3.45. The summed E-state index contributed by atoms with van der Waals surface area (Å²) in [6.07, 6.45) is 1.23. The van der Waals surface area contributed by atoms with Gasteiger partial charge in [0.25, 0.3) is 0 Å². The van der Waals surface area contributed by atoms with Crippen molar-refractivity contribution in [3.63, 3.8) is 0 Å². The smallest absolute Gasteiger partial charge is 0.328 e. The molecule has 0 aliphatic rings. The number of thiophene rings is 1. The maximum absolute atomic E-state index is 10.4. The first-order valence-corrected chi connectivity index (χ1v) is 5.64. The molecule has 1 rings (SSSR count). The summed E-state index contributed by atoms with van der Waals surface area (Å²) in [5.74, 6) is -0.891. The van der Waals surface area contributed by atoms with Gasteiger partial charge in [-0.1, -0.05) is 11.6 Å². The average molecular weight is 225 g/mol. The summed E-state index contributed by atoms with van der Waals surface area (Å²) in [4.78, 5) is 11.6. The van der Waals surface area contributed by atoms with E-state index in [-0.39, 0.29) is 6.04 Å². The quantitative estimate of drug-likeness (QED) is 0.757. The van der Waals surface area contributed by atoms with Crippen molar-refractivity contribution in [2.24, 2.45) is 0 Å². The van der Waals surface area contributed by atoms with E-state index in [1.54, 1.807) is 11.3 Å². The van der Waals surface area contributed by atoms with E-state index >= 15 is 0 Å². The summed E-state index contributed by atoms with van der Waals surface area (Å²) < 4.78 is 0. The minimum absolute atomic E-state index is 0.266. The zero-order valence-electron chi connectivity index (χ0n) is 8.86. The second-order valence-corrected chi connectivity index (χ2v) is 4.43. The van der Waals surface area contributed by atoms with Gasteiger partial charge in [-0.05, 0) is 25.3 Å². The molecule has 0 radical (unpaired) electrons. The molecular formula is C11H15NO2S. The molecule has 0 saturated heterocycles. The Morgan fingerprint density at radius 3 is 3.00 bits per heavy atom. The third-order valence-electron chi connectivity index (χ3n) is 2.03. The number of hydrogen-bond acceptors (Lipinski definition) is 3. The highest BCUT2D eigenvalue weighted by Crippen LogP contribution is 2.17. The zero-order chi connectivity index (χ0) is 11.3. The van der Waals surface area contributed by atoms with E-state index in [2.05, 4.69) is 18.3 Å². The summed E-state index contributed by atoms with van der Waals surface area (Å²) >= 11 is 1.70. The van der Waals surface area contributed by atoms with Gasteiger partial charge in [-0.3, -0.25) is 0 Å². The van der Waals surface area contributed by atoms with E-state index in [1.165, 1.54) is 11.0 Å². The van der Waals surface area contributed by atoms with E-state index in [1.807, 2.05) is 18.4 Å². The molecule has 2 N–H and O–H groups in total. The van der Waals surface area contributed by atoms with E-state index in [0.717, 1.165) is 5.57 Å². The number of aliphatic carboxylic acids is 1. The van der Waals surface area contributed by atoms with Crippen molar-refractivity contribution in [2.75, 3.05) is 6.54 Å². The number of carboxylic acids is 1.